The Morgan fingerprint density at radius 2 is 2.12 bits per heavy atom. The summed E-state index contributed by atoms with van der Waals surface area (Å²) in [6.45, 7) is 18.8. The maximum atomic E-state index is 7.60. The number of rotatable bonds is 1. The first-order valence-corrected chi connectivity index (χ1v) is 7.04. The zero-order valence-electron chi connectivity index (χ0n) is 11.5. The van der Waals surface area contributed by atoms with E-state index in [4.69, 9.17) is 6.57 Å². The average Bonchev–Trinajstić information content (AvgIpc) is 2.26. The molecule has 2 aliphatic carbocycles. The molecule has 2 rings (SSSR count). The number of hydrogen-bond donors (Lipinski definition) is 0. The first-order valence-electron chi connectivity index (χ1n) is 7.04. The van der Waals surface area contributed by atoms with Crippen LogP contribution in [0.3, 0.4) is 0 Å². The summed E-state index contributed by atoms with van der Waals surface area (Å²) < 4.78 is 0. The van der Waals surface area contributed by atoms with Gasteiger partial charge in [-0.2, -0.15) is 0 Å². The Bertz CT molecular complexity index is 349. The number of hydrogen-bond acceptors (Lipinski definition) is 0. The standard InChI is InChI=1S/C16H25N/c1-11(2)13-8-10-16(4)9-6-7-12(3)14(16)15(13)17-5/h11,13-15H,3,6-10H2,1-2,4H3/t13-,14+,15-,16+/m0/s1. The lowest BCUT2D eigenvalue weighted by Gasteiger charge is -2.49. The van der Waals surface area contributed by atoms with Crippen molar-refractivity contribution in [2.24, 2.45) is 23.2 Å². The van der Waals surface area contributed by atoms with Crippen LogP contribution in [0.2, 0.25) is 0 Å². The van der Waals surface area contributed by atoms with Crippen molar-refractivity contribution in [2.45, 2.75) is 58.9 Å². The molecule has 0 bridgehead atoms. The summed E-state index contributed by atoms with van der Waals surface area (Å²) in [5.41, 5.74) is 1.74. The molecule has 0 spiro atoms. The molecule has 2 fully saturated rings. The molecule has 17 heavy (non-hydrogen) atoms. The van der Waals surface area contributed by atoms with Crippen molar-refractivity contribution in [1.29, 1.82) is 0 Å². The van der Waals surface area contributed by atoms with Crippen molar-refractivity contribution in [3.63, 3.8) is 0 Å². The smallest absolute Gasteiger partial charge is 0.233 e. The molecule has 0 radical (unpaired) electrons. The Kier molecular flexibility index (Phi) is 3.34. The van der Waals surface area contributed by atoms with Crippen molar-refractivity contribution >= 4 is 0 Å². The van der Waals surface area contributed by atoms with Gasteiger partial charge in [-0.05, 0) is 43.4 Å². The third-order valence-electron chi connectivity index (χ3n) is 5.27. The second-order valence-corrected chi connectivity index (χ2v) is 6.71. The lowest BCUT2D eigenvalue weighted by atomic mass is 9.54. The van der Waals surface area contributed by atoms with E-state index < -0.39 is 0 Å². The van der Waals surface area contributed by atoms with Gasteiger partial charge in [0.2, 0.25) is 6.04 Å². The van der Waals surface area contributed by atoms with Gasteiger partial charge in [-0.1, -0.05) is 32.9 Å². The number of fused-ring (bicyclic) bond motifs is 1. The molecule has 0 aromatic carbocycles. The van der Waals surface area contributed by atoms with Gasteiger partial charge < -0.3 is 4.85 Å². The van der Waals surface area contributed by atoms with E-state index in [0.29, 0.717) is 23.2 Å². The molecule has 0 aromatic rings. The number of nitrogens with zero attached hydrogens (tertiary/aromatic N) is 1. The van der Waals surface area contributed by atoms with E-state index in [2.05, 4.69) is 32.2 Å². The van der Waals surface area contributed by atoms with E-state index in [-0.39, 0.29) is 6.04 Å². The van der Waals surface area contributed by atoms with Crippen LogP contribution in [0.4, 0.5) is 0 Å². The lowest BCUT2D eigenvalue weighted by Crippen LogP contribution is -2.47. The van der Waals surface area contributed by atoms with Crippen molar-refractivity contribution in [3.8, 4) is 0 Å². The highest BCUT2D eigenvalue weighted by molar-refractivity contribution is 5.19. The Balaban J connectivity index is 2.32. The first-order chi connectivity index (χ1) is 7.99. The van der Waals surface area contributed by atoms with Gasteiger partial charge in [0.15, 0.2) is 0 Å². The van der Waals surface area contributed by atoms with Crippen molar-refractivity contribution in [2.75, 3.05) is 0 Å². The molecule has 4 atom stereocenters. The van der Waals surface area contributed by atoms with E-state index >= 15 is 0 Å². The molecule has 0 saturated heterocycles. The summed E-state index contributed by atoms with van der Waals surface area (Å²) in [6.07, 6.45) is 6.27. The quantitative estimate of drug-likeness (QED) is 0.455. The summed E-state index contributed by atoms with van der Waals surface area (Å²) in [5, 5.41) is 0. The van der Waals surface area contributed by atoms with Gasteiger partial charge in [0.25, 0.3) is 0 Å². The fourth-order valence-corrected chi connectivity index (χ4v) is 4.27. The normalized spacial score (nSPS) is 42.1. The molecular weight excluding hydrogens is 206 g/mol. The molecule has 0 aromatic heterocycles. The third kappa shape index (κ3) is 2.03. The summed E-state index contributed by atoms with van der Waals surface area (Å²) >= 11 is 0. The van der Waals surface area contributed by atoms with Gasteiger partial charge in [0.1, 0.15) is 0 Å². The van der Waals surface area contributed by atoms with Crippen molar-refractivity contribution in [1.82, 2.24) is 0 Å². The van der Waals surface area contributed by atoms with Gasteiger partial charge in [-0.3, -0.25) is 0 Å². The lowest BCUT2D eigenvalue weighted by molar-refractivity contribution is 0.0508. The van der Waals surface area contributed by atoms with Gasteiger partial charge in [0, 0.05) is 5.92 Å². The first kappa shape index (κ1) is 12.7. The van der Waals surface area contributed by atoms with Gasteiger partial charge in [-0.25, -0.2) is 6.57 Å². The van der Waals surface area contributed by atoms with Crippen LogP contribution in [0.1, 0.15) is 52.9 Å². The summed E-state index contributed by atoms with van der Waals surface area (Å²) in [4.78, 5) is 4.02. The van der Waals surface area contributed by atoms with Crippen LogP contribution < -0.4 is 0 Å². The molecule has 0 heterocycles. The maximum absolute atomic E-state index is 7.60. The highest BCUT2D eigenvalue weighted by Crippen LogP contribution is 2.55. The van der Waals surface area contributed by atoms with Crippen LogP contribution in [-0.2, 0) is 0 Å². The SMILES string of the molecule is [C-]#[N+][C@@H]1[C@H]2C(=C)CCC[C@]2(C)CC[C@H]1C(C)C. The van der Waals surface area contributed by atoms with E-state index in [0.717, 1.165) is 6.42 Å². The van der Waals surface area contributed by atoms with Gasteiger partial charge in [0.05, 0.1) is 5.92 Å². The van der Waals surface area contributed by atoms with E-state index in [1.807, 2.05) is 0 Å². The fraction of sp³-hybridized carbons (Fsp3) is 0.812. The molecule has 1 nitrogen and oxygen atoms in total. The Labute approximate surface area is 106 Å². The van der Waals surface area contributed by atoms with Crippen molar-refractivity contribution in [3.05, 3.63) is 23.6 Å². The Hall–Kier alpha value is -0.770. The zero-order chi connectivity index (χ0) is 12.6. The monoisotopic (exact) mass is 231 g/mol. The van der Waals surface area contributed by atoms with Crippen LogP contribution in [-0.4, -0.2) is 6.04 Å². The molecule has 94 valence electrons. The molecule has 1 heteroatoms. The minimum absolute atomic E-state index is 0.196. The van der Waals surface area contributed by atoms with Crippen LogP contribution in [0, 0.1) is 29.7 Å². The zero-order valence-corrected chi connectivity index (χ0v) is 11.5. The van der Waals surface area contributed by atoms with Gasteiger partial charge in [-0.15, -0.1) is 0 Å². The highest BCUT2D eigenvalue weighted by Gasteiger charge is 2.53. The van der Waals surface area contributed by atoms with Crippen LogP contribution in [0.5, 0.6) is 0 Å². The third-order valence-corrected chi connectivity index (χ3v) is 5.27. The maximum Gasteiger partial charge on any atom is 0.233 e. The second-order valence-electron chi connectivity index (χ2n) is 6.71. The van der Waals surface area contributed by atoms with Crippen LogP contribution in [0.15, 0.2) is 12.2 Å². The predicted octanol–water partition coefficient (Wildman–Crippen LogP) is 4.70. The van der Waals surface area contributed by atoms with E-state index in [1.54, 1.807) is 0 Å². The predicted molar refractivity (Wildman–Crippen MR) is 72.5 cm³/mol. The topological polar surface area (TPSA) is 4.36 Å². The highest BCUT2D eigenvalue weighted by atomic mass is 14.8. The molecule has 0 aliphatic heterocycles. The van der Waals surface area contributed by atoms with E-state index in [9.17, 15) is 0 Å². The molecule has 2 saturated carbocycles. The summed E-state index contributed by atoms with van der Waals surface area (Å²) in [6, 6.07) is 0.196. The van der Waals surface area contributed by atoms with Crippen LogP contribution in [0.25, 0.3) is 4.85 Å². The largest absolute Gasteiger partial charge is 0.313 e. The van der Waals surface area contributed by atoms with E-state index in [1.165, 1.54) is 31.3 Å². The molecule has 2 aliphatic rings. The summed E-state index contributed by atoms with van der Waals surface area (Å²) in [5.74, 6) is 1.68. The molecule has 0 unspecified atom stereocenters. The molecule has 0 N–H and O–H groups in total. The Morgan fingerprint density at radius 1 is 1.41 bits per heavy atom. The Morgan fingerprint density at radius 3 is 2.71 bits per heavy atom. The van der Waals surface area contributed by atoms with Gasteiger partial charge >= 0.3 is 0 Å². The fourth-order valence-electron chi connectivity index (χ4n) is 4.27. The van der Waals surface area contributed by atoms with Crippen LogP contribution >= 0.6 is 0 Å². The molecular formula is C16H25N. The molecule has 0 amide bonds. The minimum atomic E-state index is 0.196. The second kappa shape index (κ2) is 4.48. The summed E-state index contributed by atoms with van der Waals surface area (Å²) in [7, 11) is 0. The minimum Gasteiger partial charge on any atom is -0.313 e. The average molecular weight is 231 g/mol. The van der Waals surface area contributed by atoms with Crippen molar-refractivity contribution < 1.29 is 0 Å².